The van der Waals surface area contributed by atoms with E-state index in [2.05, 4.69) is 36.4 Å². The molecule has 182 valence electrons. The number of rotatable bonds is 0. The molecule has 2 nitrogen and oxygen atoms in total. The van der Waals surface area contributed by atoms with Gasteiger partial charge in [-0.3, -0.25) is 0 Å². The van der Waals surface area contributed by atoms with Gasteiger partial charge in [0.05, 0.1) is 0 Å². The Morgan fingerprint density at radius 1 is 0.457 bits per heavy atom. The van der Waals surface area contributed by atoms with Gasteiger partial charge in [0, 0.05) is 0 Å². The van der Waals surface area contributed by atoms with E-state index in [1.165, 1.54) is 64.2 Å². The van der Waals surface area contributed by atoms with Crippen LogP contribution in [-0.4, -0.2) is 13.2 Å². The molecule has 0 radical (unpaired) electrons. The Bertz CT molecular complexity index is 1140. The third kappa shape index (κ3) is 3.86. The first-order chi connectivity index (χ1) is 16.9. The van der Waals surface area contributed by atoms with Crippen molar-refractivity contribution < 1.29 is 9.47 Å². The van der Waals surface area contributed by atoms with Crippen LogP contribution in [-0.2, 0) is 48.0 Å². The predicted octanol–water partition coefficient (Wildman–Crippen LogP) is 7.72. The van der Waals surface area contributed by atoms with Gasteiger partial charge in [0.25, 0.3) is 0 Å². The van der Waals surface area contributed by atoms with Gasteiger partial charge >= 0.3 is 0 Å². The summed E-state index contributed by atoms with van der Waals surface area (Å²) in [6.07, 6.45) is 16.7. The highest BCUT2D eigenvalue weighted by Gasteiger charge is 2.36. The molecule has 0 saturated heterocycles. The predicted molar refractivity (Wildman–Crippen MR) is 144 cm³/mol. The molecule has 9 rings (SSSR count). The SMILES string of the molecule is C.C1=COCCO1.c1cc2c3c(ccc4c3c1CC4)CC2.c1cc2c3c4c1CCC4CCC3CC2. The lowest BCUT2D eigenvalue weighted by Crippen LogP contribution is -2.09. The quantitative estimate of drug-likeness (QED) is 0.338. The second kappa shape index (κ2) is 9.37. The number of aryl methyl sites for hydroxylation is 6. The van der Waals surface area contributed by atoms with Gasteiger partial charge in [-0.05, 0) is 131 Å². The van der Waals surface area contributed by atoms with Crippen LogP contribution in [0.2, 0.25) is 0 Å². The van der Waals surface area contributed by atoms with Crippen LogP contribution in [0, 0.1) is 0 Å². The minimum atomic E-state index is 0. The lowest BCUT2D eigenvalue weighted by atomic mass is 9.78. The fourth-order valence-corrected chi connectivity index (χ4v) is 7.53. The summed E-state index contributed by atoms with van der Waals surface area (Å²) in [6.45, 7) is 1.38. The molecule has 1 heterocycles. The summed E-state index contributed by atoms with van der Waals surface area (Å²) >= 11 is 0. The summed E-state index contributed by atoms with van der Waals surface area (Å²) in [5.41, 5.74) is 13.4. The zero-order chi connectivity index (χ0) is 22.5. The zero-order valence-corrected chi connectivity index (χ0v) is 20.1. The first-order valence-corrected chi connectivity index (χ1v) is 13.4. The molecule has 2 heteroatoms. The Morgan fingerprint density at radius 3 is 1.17 bits per heavy atom. The molecule has 5 aliphatic carbocycles. The number of benzene rings is 3. The summed E-state index contributed by atoms with van der Waals surface area (Å²) in [6, 6.07) is 14.2. The van der Waals surface area contributed by atoms with E-state index in [-0.39, 0.29) is 7.43 Å². The van der Waals surface area contributed by atoms with Gasteiger partial charge in [-0.25, -0.2) is 0 Å². The van der Waals surface area contributed by atoms with Crippen LogP contribution in [0.1, 0.15) is 89.5 Å². The summed E-state index contributed by atoms with van der Waals surface area (Å²) < 4.78 is 9.53. The van der Waals surface area contributed by atoms with Crippen molar-refractivity contribution in [1.82, 2.24) is 0 Å². The Kier molecular flexibility index (Phi) is 6.08. The van der Waals surface area contributed by atoms with Gasteiger partial charge < -0.3 is 9.47 Å². The Hall–Kier alpha value is -2.74. The van der Waals surface area contributed by atoms with Gasteiger partial charge in [0.1, 0.15) is 25.7 Å². The maximum absolute atomic E-state index is 4.76. The van der Waals surface area contributed by atoms with Gasteiger partial charge in [0.2, 0.25) is 0 Å². The van der Waals surface area contributed by atoms with Gasteiger partial charge in [-0.2, -0.15) is 0 Å². The highest BCUT2D eigenvalue weighted by atomic mass is 16.5. The van der Waals surface area contributed by atoms with Crippen molar-refractivity contribution in [3.63, 3.8) is 0 Å². The summed E-state index contributed by atoms with van der Waals surface area (Å²) in [5, 5.41) is 3.22. The van der Waals surface area contributed by atoms with E-state index in [0.29, 0.717) is 13.2 Å². The summed E-state index contributed by atoms with van der Waals surface area (Å²) in [7, 11) is 0. The minimum absolute atomic E-state index is 0. The fourth-order valence-electron chi connectivity index (χ4n) is 7.53. The molecule has 0 amide bonds. The first kappa shape index (κ1) is 22.7. The average molecular weight is 467 g/mol. The van der Waals surface area contributed by atoms with Crippen LogP contribution < -0.4 is 0 Å². The van der Waals surface area contributed by atoms with Gasteiger partial charge in [0.15, 0.2) is 0 Å². The van der Waals surface area contributed by atoms with Crippen molar-refractivity contribution in [2.45, 2.75) is 83.5 Å². The van der Waals surface area contributed by atoms with E-state index >= 15 is 0 Å². The largest absolute Gasteiger partial charge is 0.494 e. The molecular formula is C33H38O2. The summed E-state index contributed by atoms with van der Waals surface area (Å²) in [5.74, 6) is 1.91. The molecule has 0 aromatic heterocycles. The first-order valence-electron chi connectivity index (χ1n) is 13.4. The van der Waals surface area contributed by atoms with Crippen LogP contribution in [0.15, 0.2) is 48.9 Å². The van der Waals surface area contributed by atoms with Gasteiger partial charge in [-0.1, -0.05) is 43.8 Å². The van der Waals surface area contributed by atoms with Crippen molar-refractivity contribution >= 4 is 10.8 Å². The van der Waals surface area contributed by atoms with Crippen LogP contribution in [0.5, 0.6) is 0 Å². The molecule has 0 saturated carbocycles. The van der Waals surface area contributed by atoms with Crippen molar-refractivity contribution in [2.24, 2.45) is 0 Å². The second-order valence-corrected chi connectivity index (χ2v) is 10.8. The average Bonchev–Trinajstić information content (AvgIpc) is 3.67. The van der Waals surface area contributed by atoms with E-state index in [1.807, 2.05) is 11.1 Å². The molecule has 2 unspecified atom stereocenters. The minimum Gasteiger partial charge on any atom is -0.494 e. The molecule has 6 aliphatic rings. The monoisotopic (exact) mass is 466 g/mol. The molecule has 0 bridgehead atoms. The Labute approximate surface area is 210 Å². The smallest absolute Gasteiger partial charge is 0.121 e. The van der Waals surface area contributed by atoms with E-state index in [1.54, 1.807) is 56.7 Å². The Balaban J connectivity index is 0.000000104. The van der Waals surface area contributed by atoms with Crippen LogP contribution in [0.3, 0.4) is 0 Å². The van der Waals surface area contributed by atoms with E-state index in [9.17, 15) is 0 Å². The molecule has 0 N–H and O–H groups in total. The van der Waals surface area contributed by atoms with Crippen molar-refractivity contribution in [2.75, 3.05) is 13.2 Å². The lowest BCUT2D eigenvalue weighted by Gasteiger charge is -2.26. The molecule has 2 atom stereocenters. The van der Waals surface area contributed by atoms with Crippen molar-refractivity contribution in [1.29, 1.82) is 0 Å². The molecular weight excluding hydrogens is 428 g/mol. The van der Waals surface area contributed by atoms with Crippen molar-refractivity contribution in [3.8, 4) is 0 Å². The number of hydrogen-bond donors (Lipinski definition) is 0. The standard InChI is InChI=1S/C14H16.C14H12.C4H6O2.CH4/c2*1-2-10-7-8-12-4-3-11-6-5-9(1)13(10)14(11)12;1-2-6-4-3-5-1;/h5-6,10,12H,1-4,7-8H2;5-8H,1-4H2;1-2H,3-4H2;1H4. The molecule has 3 aromatic carbocycles. The van der Waals surface area contributed by atoms with Crippen molar-refractivity contribution in [3.05, 3.63) is 93.4 Å². The number of ether oxygens (including phenoxy) is 2. The second-order valence-electron chi connectivity index (χ2n) is 10.8. The molecule has 35 heavy (non-hydrogen) atoms. The molecule has 0 spiro atoms. The van der Waals surface area contributed by atoms with Crippen LogP contribution in [0.25, 0.3) is 10.8 Å². The highest BCUT2D eigenvalue weighted by Crippen LogP contribution is 2.52. The zero-order valence-electron chi connectivity index (χ0n) is 20.1. The molecule has 0 fully saturated rings. The van der Waals surface area contributed by atoms with E-state index in [0.717, 1.165) is 11.8 Å². The summed E-state index contributed by atoms with van der Waals surface area (Å²) in [4.78, 5) is 0. The highest BCUT2D eigenvalue weighted by molar-refractivity contribution is 5.97. The van der Waals surface area contributed by atoms with Gasteiger partial charge in [-0.15, -0.1) is 0 Å². The van der Waals surface area contributed by atoms with E-state index in [4.69, 9.17) is 9.47 Å². The molecule has 3 aromatic rings. The maximum Gasteiger partial charge on any atom is 0.121 e. The van der Waals surface area contributed by atoms with Crippen LogP contribution in [0.4, 0.5) is 0 Å². The topological polar surface area (TPSA) is 18.5 Å². The third-order valence-corrected chi connectivity index (χ3v) is 9.07. The Morgan fingerprint density at radius 2 is 0.829 bits per heavy atom. The number of hydrogen-bond acceptors (Lipinski definition) is 2. The normalized spacial score (nSPS) is 22.7. The van der Waals surface area contributed by atoms with Crippen LogP contribution >= 0.6 is 0 Å². The molecule has 1 aliphatic heterocycles. The fraction of sp³-hybridized carbons (Fsp3) is 0.455. The van der Waals surface area contributed by atoms with E-state index < -0.39 is 0 Å². The third-order valence-electron chi connectivity index (χ3n) is 9.07. The lowest BCUT2D eigenvalue weighted by molar-refractivity contribution is 0.108. The maximum atomic E-state index is 4.76.